The number of rotatable bonds is 3. The fraction of sp³-hybridized carbons (Fsp3) is 0.300. The van der Waals surface area contributed by atoms with Gasteiger partial charge in [-0.05, 0) is 43.5 Å². The summed E-state index contributed by atoms with van der Waals surface area (Å²) < 4.78 is 0. The van der Waals surface area contributed by atoms with Crippen molar-refractivity contribution in [3.05, 3.63) is 70.3 Å². The average Bonchev–Trinajstić information content (AvgIpc) is 3.02. The number of aryl methyl sites for hydroxylation is 2. The number of carbonyl (C=O) groups is 2. The van der Waals surface area contributed by atoms with Gasteiger partial charge < -0.3 is 10.6 Å². The average molecular weight is 322 g/mol. The molecule has 3 rings (SSSR count). The van der Waals surface area contributed by atoms with E-state index in [9.17, 15) is 9.59 Å². The zero-order valence-corrected chi connectivity index (χ0v) is 14.1. The molecule has 4 heteroatoms. The Labute approximate surface area is 142 Å². The monoisotopic (exact) mass is 322 g/mol. The predicted molar refractivity (Wildman–Crippen MR) is 94.3 cm³/mol. The molecule has 0 aromatic heterocycles. The van der Waals surface area contributed by atoms with Crippen molar-refractivity contribution in [3.8, 4) is 0 Å². The number of carbonyl (C=O) groups excluding carboxylic acids is 2. The quantitative estimate of drug-likeness (QED) is 0.884. The number of amides is 1. The number of nitrogens with two attached hydrogens (primary N) is 1. The summed E-state index contributed by atoms with van der Waals surface area (Å²) in [7, 11) is 0. The van der Waals surface area contributed by atoms with Crippen molar-refractivity contribution in [1.82, 2.24) is 4.90 Å². The van der Waals surface area contributed by atoms with Crippen molar-refractivity contribution in [3.63, 3.8) is 0 Å². The molecule has 0 bridgehead atoms. The molecule has 2 aromatic carbocycles. The number of hydrogen-bond donors (Lipinski definition) is 1. The number of nitrogens with zero attached hydrogens (tertiary/aromatic N) is 1. The molecule has 1 heterocycles. The molecule has 124 valence electrons. The Hall–Kier alpha value is -2.46. The van der Waals surface area contributed by atoms with E-state index >= 15 is 0 Å². The second-order valence-corrected chi connectivity index (χ2v) is 6.47. The molecule has 1 fully saturated rings. The van der Waals surface area contributed by atoms with Gasteiger partial charge in [0.05, 0.1) is 5.56 Å². The van der Waals surface area contributed by atoms with E-state index in [1.165, 1.54) is 0 Å². The second kappa shape index (κ2) is 6.57. The van der Waals surface area contributed by atoms with Crippen molar-refractivity contribution in [2.75, 3.05) is 13.1 Å². The summed E-state index contributed by atoms with van der Waals surface area (Å²) in [5, 5.41) is 0. The maximum atomic E-state index is 12.9. The van der Waals surface area contributed by atoms with Crippen LogP contribution in [-0.2, 0) is 0 Å². The van der Waals surface area contributed by atoms with Crippen LogP contribution in [0.5, 0.6) is 0 Å². The molecule has 1 saturated heterocycles. The van der Waals surface area contributed by atoms with Gasteiger partial charge in [0.15, 0.2) is 5.78 Å². The summed E-state index contributed by atoms with van der Waals surface area (Å²) in [5.74, 6) is -0.235. The van der Waals surface area contributed by atoms with E-state index in [1.54, 1.807) is 29.2 Å². The first kappa shape index (κ1) is 16.4. The van der Waals surface area contributed by atoms with Gasteiger partial charge in [0, 0.05) is 30.3 Å². The molecular formula is C20H22N2O2. The van der Waals surface area contributed by atoms with E-state index in [0.29, 0.717) is 29.8 Å². The van der Waals surface area contributed by atoms with Crippen LogP contribution in [0.15, 0.2) is 42.5 Å². The third-order valence-corrected chi connectivity index (χ3v) is 4.68. The lowest BCUT2D eigenvalue weighted by atomic mass is 9.95. The Morgan fingerprint density at radius 3 is 2.38 bits per heavy atom. The standard InChI is InChI=1S/C20H22N2O2/c1-13-7-8-15(11-14(13)2)19(23)17-5-3-4-6-18(17)20(24)22-10-9-16(21)12-22/h3-8,11,16H,9-10,12,21H2,1-2H3. The zero-order chi connectivity index (χ0) is 17.3. The van der Waals surface area contributed by atoms with Crippen molar-refractivity contribution in [1.29, 1.82) is 0 Å². The zero-order valence-electron chi connectivity index (χ0n) is 14.1. The Morgan fingerprint density at radius 2 is 1.75 bits per heavy atom. The third-order valence-electron chi connectivity index (χ3n) is 4.68. The van der Waals surface area contributed by atoms with Gasteiger partial charge in [0.25, 0.3) is 5.91 Å². The molecule has 1 aliphatic rings. The van der Waals surface area contributed by atoms with Crippen molar-refractivity contribution < 1.29 is 9.59 Å². The lowest BCUT2D eigenvalue weighted by Gasteiger charge is -2.18. The van der Waals surface area contributed by atoms with Crippen LogP contribution in [0.25, 0.3) is 0 Å². The lowest BCUT2D eigenvalue weighted by molar-refractivity contribution is 0.0786. The van der Waals surface area contributed by atoms with Crippen LogP contribution in [0.3, 0.4) is 0 Å². The Balaban J connectivity index is 1.95. The fourth-order valence-corrected chi connectivity index (χ4v) is 3.05. The maximum absolute atomic E-state index is 12.9. The van der Waals surface area contributed by atoms with E-state index < -0.39 is 0 Å². The highest BCUT2D eigenvalue weighted by molar-refractivity contribution is 6.15. The molecule has 0 spiro atoms. The molecule has 0 saturated carbocycles. The van der Waals surface area contributed by atoms with Gasteiger partial charge in [0.1, 0.15) is 0 Å². The summed E-state index contributed by atoms with van der Waals surface area (Å²) in [6, 6.07) is 12.7. The van der Waals surface area contributed by atoms with Crippen molar-refractivity contribution in [2.45, 2.75) is 26.3 Å². The number of hydrogen-bond acceptors (Lipinski definition) is 3. The first-order valence-corrected chi connectivity index (χ1v) is 8.23. The normalized spacial score (nSPS) is 17.1. The summed E-state index contributed by atoms with van der Waals surface area (Å²) in [4.78, 5) is 27.4. The van der Waals surface area contributed by atoms with Crippen LogP contribution in [0.4, 0.5) is 0 Å². The Kier molecular flexibility index (Phi) is 4.49. The fourth-order valence-electron chi connectivity index (χ4n) is 3.05. The maximum Gasteiger partial charge on any atom is 0.254 e. The minimum atomic E-state index is -0.120. The van der Waals surface area contributed by atoms with Crippen LogP contribution in [0, 0.1) is 13.8 Å². The minimum absolute atomic E-state index is 0.0246. The van der Waals surface area contributed by atoms with Crippen LogP contribution >= 0.6 is 0 Å². The molecule has 1 aliphatic heterocycles. The molecule has 0 aliphatic carbocycles. The SMILES string of the molecule is Cc1ccc(C(=O)c2ccccc2C(=O)N2CCC(N)C2)cc1C. The molecular weight excluding hydrogens is 300 g/mol. The van der Waals surface area contributed by atoms with Gasteiger partial charge in [-0.3, -0.25) is 9.59 Å². The topological polar surface area (TPSA) is 63.4 Å². The Morgan fingerprint density at radius 1 is 1.04 bits per heavy atom. The third kappa shape index (κ3) is 3.10. The molecule has 2 aromatic rings. The van der Waals surface area contributed by atoms with E-state index in [-0.39, 0.29) is 17.7 Å². The number of benzene rings is 2. The van der Waals surface area contributed by atoms with Gasteiger partial charge in [-0.25, -0.2) is 0 Å². The van der Waals surface area contributed by atoms with Gasteiger partial charge in [-0.1, -0.05) is 30.3 Å². The van der Waals surface area contributed by atoms with Gasteiger partial charge in [-0.15, -0.1) is 0 Å². The van der Waals surface area contributed by atoms with Crippen molar-refractivity contribution >= 4 is 11.7 Å². The van der Waals surface area contributed by atoms with E-state index in [0.717, 1.165) is 17.5 Å². The molecule has 1 atom stereocenters. The molecule has 1 amide bonds. The van der Waals surface area contributed by atoms with Gasteiger partial charge >= 0.3 is 0 Å². The van der Waals surface area contributed by atoms with Gasteiger partial charge in [0.2, 0.25) is 0 Å². The molecule has 2 N–H and O–H groups in total. The van der Waals surface area contributed by atoms with E-state index in [2.05, 4.69) is 0 Å². The number of ketones is 1. The smallest absolute Gasteiger partial charge is 0.254 e. The van der Waals surface area contributed by atoms with E-state index in [4.69, 9.17) is 5.73 Å². The minimum Gasteiger partial charge on any atom is -0.337 e. The highest BCUT2D eigenvalue weighted by atomic mass is 16.2. The summed E-state index contributed by atoms with van der Waals surface area (Å²) in [6.45, 7) is 5.18. The molecule has 1 unspecified atom stereocenters. The highest BCUT2D eigenvalue weighted by Crippen LogP contribution is 2.20. The first-order valence-electron chi connectivity index (χ1n) is 8.23. The molecule has 24 heavy (non-hydrogen) atoms. The second-order valence-electron chi connectivity index (χ2n) is 6.47. The van der Waals surface area contributed by atoms with Crippen LogP contribution in [0.1, 0.15) is 43.8 Å². The van der Waals surface area contributed by atoms with E-state index in [1.807, 2.05) is 32.0 Å². The predicted octanol–water partition coefficient (Wildman–Crippen LogP) is 2.71. The van der Waals surface area contributed by atoms with Gasteiger partial charge in [-0.2, -0.15) is 0 Å². The molecule has 0 radical (unpaired) electrons. The van der Waals surface area contributed by atoms with Crippen LogP contribution < -0.4 is 5.73 Å². The number of likely N-dealkylation sites (tertiary alicyclic amines) is 1. The Bertz CT molecular complexity index is 798. The highest BCUT2D eigenvalue weighted by Gasteiger charge is 2.27. The van der Waals surface area contributed by atoms with Crippen molar-refractivity contribution in [2.24, 2.45) is 5.73 Å². The molecule has 4 nitrogen and oxygen atoms in total. The summed E-state index contributed by atoms with van der Waals surface area (Å²) in [5.41, 5.74) is 9.62. The van der Waals surface area contributed by atoms with Crippen LogP contribution in [-0.4, -0.2) is 35.7 Å². The summed E-state index contributed by atoms with van der Waals surface area (Å²) in [6.07, 6.45) is 0.805. The van der Waals surface area contributed by atoms with Crippen LogP contribution in [0.2, 0.25) is 0 Å². The summed E-state index contributed by atoms with van der Waals surface area (Å²) >= 11 is 0. The first-order chi connectivity index (χ1) is 11.5. The largest absolute Gasteiger partial charge is 0.337 e. The lowest BCUT2D eigenvalue weighted by Crippen LogP contribution is -2.32.